The Kier molecular flexibility index (Phi) is 6.77. The molecule has 7 nitrogen and oxygen atoms in total. The van der Waals surface area contributed by atoms with E-state index < -0.39 is 18.0 Å². The van der Waals surface area contributed by atoms with Gasteiger partial charge in [0.25, 0.3) is 0 Å². The summed E-state index contributed by atoms with van der Waals surface area (Å²) in [6, 6.07) is 21.1. The maximum atomic E-state index is 12.7. The number of nitrogens with one attached hydrogen (secondary N) is 3. The van der Waals surface area contributed by atoms with Gasteiger partial charge in [0.15, 0.2) is 0 Å². The van der Waals surface area contributed by atoms with E-state index in [1.807, 2.05) is 48.5 Å². The highest BCUT2D eigenvalue weighted by Gasteiger charge is 2.27. The Morgan fingerprint density at radius 3 is 2.30 bits per heavy atom. The number of amides is 4. The zero-order valence-electron chi connectivity index (χ0n) is 16.9. The topological polar surface area (TPSA) is 90.5 Å². The lowest BCUT2D eigenvalue weighted by molar-refractivity contribution is -0.126. The molecule has 0 fully saturated rings. The second kappa shape index (κ2) is 9.67. The Morgan fingerprint density at radius 2 is 1.57 bits per heavy atom. The number of carbonyl (C=O) groups is 3. The van der Waals surface area contributed by atoms with Gasteiger partial charge in [-0.3, -0.25) is 19.8 Å². The molecule has 30 heavy (non-hydrogen) atoms. The van der Waals surface area contributed by atoms with Crippen molar-refractivity contribution < 1.29 is 14.4 Å². The van der Waals surface area contributed by atoms with E-state index in [1.54, 1.807) is 36.2 Å². The van der Waals surface area contributed by atoms with Crippen LogP contribution in [0.3, 0.4) is 0 Å². The van der Waals surface area contributed by atoms with Crippen molar-refractivity contribution >= 4 is 34.3 Å². The van der Waals surface area contributed by atoms with E-state index in [-0.39, 0.29) is 12.5 Å². The zero-order valence-corrected chi connectivity index (χ0v) is 16.9. The molecule has 0 heterocycles. The first-order valence-electron chi connectivity index (χ1n) is 9.55. The molecule has 3 N–H and O–H groups in total. The number of nitrogens with zero attached hydrogens (tertiary/aromatic N) is 1. The number of carbonyl (C=O) groups excluding carboxylic acids is 3. The molecule has 0 aliphatic rings. The average Bonchev–Trinajstić information content (AvgIpc) is 2.74. The van der Waals surface area contributed by atoms with Crippen LogP contribution in [0.2, 0.25) is 0 Å². The first kappa shape index (κ1) is 21.0. The van der Waals surface area contributed by atoms with Crippen LogP contribution in [0.1, 0.15) is 11.6 Å². The Hall–Kier alpha value is -3.71. The van der Waals surface area contributed by atoms with Crippen molar-refractivity contribution in [2.45, 2.75) is 6.04 Å². The first-order chi connectivity index (χ1) is 14.5. The third-order valence-electron chi connectivity index (χ3n) is 4.72. The fourth-order valence-electron chi connectivity index (χ4n) is 3.33. The minimum atomic E-state index is -0.804. The Labute approximate surface area is 175 Å². The third-order valence-corrected chi connectivity index (χ3v) is 4.72. The van der Waals surface area contributed by atoms with Crippen LogP contribution in [-0.4, -0.2) is 43.4 Å². The van der Waals surface area contributed by atoms with Gasteiger partial charge in [0.05, 0.1) is 6.54 Å². The van der Waals surface area contributed by atoms with E-state index in [0.29, 0.717) is 11.3 Å². The summed E-state index contributed by atoms with van der Waals surface area (Å²) in [7, 11) is 3.10. The molecule has 0 aromatic heterocycles. The van der Waals surface area contributed by atoms with Crippen LogP contribution in [0, 0.1) is 0 Å². The van der Waals surface area contributed by atoms with Crippen LogP contribution in [-0.2, 0) is 9.59 Å². The van der Waals surface area contributed by atoms with Gasteiger partial charge in [-0.05, 0) is 24.1 Å². The summed E-state index contributed by atoms with van der Waals surface area (Å²) in [5.41, 5.74) is 1.39. The van der Waals surface area contributed by atoms with Crippen molar-refractivity contribution in [2.75, 3.05) is 26.0 Å². The second-order valence-corrected chi connectivity index (χ2v) is 6.87. The SMILES string of the molecule is CNC(=O)NC(=O)[C@@H](c1ccccc1)N(C)CC(=O)Nc1cccc2ccccc12. The van der Waals surface area contributed by atoms with Crippen molar-refractivity contribution in [3.8, 4) is 0 Å². The van der Waals surface area contributed by atoms with E-state index >= 15 is 0 Å². The molecule has 0 radical (unpaired) electrons. The number of benzene rings is 3. The summed E-state index contributed by atoms with van der Waals surface area (Å²) in [6.45, 7) is -0.0378. The molecule has 0 aliphatic carbocycles. The summed E-state index contributed by atoms with van der Waals surface area (Å²) in [4.78, 5) is 38.7. The van der Waals surface area contributed by atoms with E-state index in [4.69, 9.17) is 0 Å². The quantitative estimate of drug-likeness (QED) is 0.589. The first-order valence-corrected chi connectivity index (χ1v) is 9.55. The molecule has 3 aromatic rings. The van der Waals surface area contributed by atoms with Crippen molar-refractivity contribution in [2.24, 2.45) is 0 Å². The van der Waals surface area contributed by atoms with Gasteiger partial charge in [-0.2, -0.15) is 0 Å². The predicted molar refractivity (Wildman–Crippen MR) is 117 cm³/mol. The van der Waals surface area contributed by atoms with Crippen LogP contribution in [0.4, 0.5) is 10.5 Å². The number of likely N-dealkylation sites (N-methyl/N-ethyl adjacent to an activating group) is 1. The monoisotopic (exact) mass is 404 g/mol. The number of fused-ring (bicyclic) bond motifs is 1. The average molecular weight is 404 g/mol. The largest absolute Gasteiger partial charge is 0.341 e. The lowest BCUT2D eigenvalue weighted by atomic mass is 10.0. The summed E-state index contributed by atoms with van der Waals surface area (Å²) in [5.74, 6) is -0.775. The molecule has 0 aliphatic heterocycles. The Morgan fingerprint density at radius 1 is 0.900 bits per heavy atom. The molecule has 1 atom stereocenters. The highest BCUT2D eigenvalue weighted by molar-refractivity contribution is 6.03. The molecule has 0 unspecified atom stereocenters. The second-order valence-electron chi connectivity index (χ2n) is 6.87. The normalized spacial score (nSPS) is 11.7. The lowest BCUT2D eigenvalue weighted by Gasteiger charge is -2.26. The van der Waals surface area contributed by atoms with Crippen LogP contribution >= 0.6 is 0 Å². The van der Waals surface area contributed by atoms with E-state index in [2.05, 4.69) is 16.0 Å². The molecule has 154 valence electrons. The van der Waals surface area contributed by atoms with Gasteiger partial charge in [0, 0.05) is 18.1 Å². The van der Waals surface area contributed by atoms with Crippen LogP contribution in [0.25, 0.3) is 10.8 Å². The van der Waals surface area contributed by atoms with Gasteiger partial charge in [0.2, 0.25) is 11.8 Å². The van der Waals surface area contributed by atoms with E-state index in [0.717, 1.165) is 10.8 Å². The molecular formula is C23H24N4O3. The van der Waals surface area contributed by atoms with Gasteiger partial charge in [-0.1, -0.05) is 66.7 Å². The standard InChI is InChI=1S/C23H24N4O3/c1-24-23(30)26-22(29)21(17-10-4-3-5-11-17)27(2)15-20(28)25-19-14-8-12-16-9-6-7-13-18(16)19/h3-14,21H,15H2,1-2H3,(H,25,28)(H2,24,26,29,30)/t21-/m1/s1. The summed E-state index contributed by atoms with van der Waals surface area (Å²) >= 11 is 0. The fraction of sp³-hybridized carbons (Fsp3) is 0.174. The number of hydrogen-bond acceptors (Lipinski definition) is 4. The molecule has 0 saturated carbocycles. The van der Waals surface area contributed by atoms with Crippen molar-refractivity contribution in [3.63, 3.8) is 0 Å². The molecule has 0 saturated heterocycles. The molecule has 4 amide bonds. The number of urea groups is 1. The van der Waals surface area contributed by atoms with Gasteiger partial charge in [-0.15, -0.1) is 0 Å². The minimum absolute atomic E-state index is 0.0378. The Balaban J connectivity index is 1.77. The van der Waals surface area contributed by atoms with Gasteiger partial charge in [0.1, 0.15) is 6.04 Å². The third kappa shape index (κ3) is 5.01. The zero-order chi connectivity index (χ0) is 21.5. The molecule has 7 heteroatoms. The lowest BCUT2D eigenvalue weighted by Crippen LogP contribution is -2.46. The van der Waals surface area contributed by atoms with Crippen molar-refractivity contribution in [1.29, 1.82) is 0 Å². The molecular weight excluding hydrogens is 380 g/mol. The number of anilines is 1. The van der Waals surface area contributed by atoms with E-state index in [1.165, 1.54) is 7.05 Å². The number of imide groups is 1. The van der Waals surface area contributed by atoms with Crippen LogP contribution in [0.5, 0.6) is 0 Å². The van der Waals surface area contributed by atoms with Gasteiger partial charge >= 0.3 is 6.03 Å². The van der Waals surface area contributed by atoms with Crippen molar-refractivity contribution in [1.82, 2.24) is 15.5 Å². The summed E-state index contributed by atoms with van der Waals surface area (Å²) in [6.07, 6.45) is 0. The number of hydrogen-bond donors (Lipinski definition) is 3. The van der Waals surface area contributed by atoms with Crippen LogP contribution in [0.15, 0.2) is 72.8 Å². The fourth-order valence-corrected chi connectivity index (χ4v) is 3.33. The minimum Gasteiger partial charge on any atom is -0.341 e. The highest BCUT2D eigenvalue weighted by atomic mass is 16.2. The predicted octanol–water partition coefficient (Wildman–Crippen LogP) is 2.91. The number of rotatable bonds is 6. The van der Waals surface area contributed by atoms with Crippen molar-refractivity contribution in [3.05, 3.63) is 78.4 Å². The maximum Gasteiger partial charge on any atom is 0.321 e. The molecule has 0 bridgehead atoms. The molecule has 3 rings (SSSR count). The molecule has 0 spiro atoms. The van der Waals surface area contributed by atoms with Gasteiger partial charge < -0.3 is 10.6 Å². The van der Waals surface area contributed by atoms with Gasteiger partial charge in [-0.25, -0.2) is 4.79 Å². The smallest absolute Gasteiger partial charge is 0.321 e. The Bertz CT molecular complexity index is 1050. The maximum absolute atomic E-state index is 12.7. The van der Waals surface area contributed by atoms with E-state index in [9.17, 15) is 14.4 Å². The highest BCUT2D eigenvalue weighted by Crippen LogP contribution is 2.24. The summed E-state index contributed by atoms with van der Waals surface area (Å²) < 4.78 is 0. The molecule has 3 aromatic carbocycles. The summed E-state index contributed by atoms with van der Waals surface area (Å²) in [5, 5.41) is 9.54. The van der Waals surface area contributed by atoms with Crippen LogP contribution < -0.4 is 16.0 Å².